The summed E-state index contributed by atoms with van der Waals surface area (Å²) in [5.41, 5.74) is 0. The maximum absolute atomic E-state index is 10.4. The second-order valence-corrected chi connectivity index (χ2v) is 3.00. The van der Waals surface area contributed by atoms with E-state index in [2.05, 4.69) is 0 Å². The third kappa shape index (κ3) is 6.38. The van der Waals surface area contributed by atoms with Crippen LogP contribution in [0.15, 0.2) is 0 Å². The summed E-state index contributed by atoms with van der Waals surface area (Å²) < 4.78 is 4.92. The van der Waals surface area contributed by atoms with Crippen LogP contribution in [0.25, 0.3) is 0 Å². The molecule has 0 rings (SSSR count). The normalized spacial score (nSPS) is 12.8. The lowest BCUT2D eigenvalue weighted by molar-refractivity contribution is -0.142. The number of methoxy groups -OCH3 is 1. The quantitative estimate of drug-likeness (QED) is 0.582. The van der Waals surface area contributed by atoms with E-state index >= 15 is 0 Å². The lowest BCUT2D eigenvalue weighted by atomic mass is 10.3. The summed E-state index contributed by atoms with van der Waals surface area (Å²) in [5, 5.41) is 17.0. The zero-order valence-electron chi connectivity index (χ0n) is 8.27. The fraction of sp³-hybridized carbons (Fsp3) is 0.750. The molecule has 0 saturated carbocycles. The van der Waals surface area contributed by atoms with Crippen molar-refractivity contribution in [2.45, 2.75) is 13.0 Å². The average molecular weight is 205 g/mol. The first-order valence-corrected chi connectivity index (χ1v) is 4.14. The fourth-order valence-corrected chi connectivity index (χ4v) is 1.01. The second-order valence-electron chi connectivity index (χ2n) is 3.00. The van der Waals surface area contributed by atoms with Gasteiger partial charge in [-0.15, -0.1) is 0 Å². The van der Waals surface area contributed by atoms with Crippen molar-refractivity contribution < 1.29 is 24.5 Å². The molecule has 0 heterocycles. The maximum Gasteiger partial charge on any atom is 0.317 e. The van der Waals surface area contributed by atoms with Gasteiger partial charge in [-0.25, -0.2) is 0 Å². The van der Waals surface area contributed by atoms with Gasteiger partial charge < -0.3 is 14.9 Å². The Kier molecular flexibility index (Phi) is 5.82. The van der Waals surface area contributed by atoms with Gasteiger partial charge in [-0.05, 0) is 6.92 Å². The van der Waals surface area contributed by atoms with Gasteiger partial charge >= 0.3 is 11.9 Å². The van der Waals surface area contributed by atoms with Crippen molar-refractivity contribution in [1.29, 1.82) is 0 Å². The van der Waals surface area contributed by atoms with E-state index in [-0.39, 0.29) is 25.7 Å². The van der Waals surface area contributed by atoms with Crippen molar-refractivity contribution in [2.75, 3.05) is 26.7 Å². The molecule has 0 radical (unpaired) electrons. The van der Waals surface area contributed by atoms with E-state index in [0.29, 0.717) is 0 Å². The summed E-state index contributed by atoms with van der Waals surface area (Å²) in [4.78, 5) is 22.1. The Morgan fingerprint density at radius 3 is 2.00 bits per heavy atom. The van der Waals surface area contributed by atoms with Gasteiger partial charge in [0.1, 0.15) is 0 Å². The average Bonchev–Trinajstić information content (AvgIpc) is 2.01. The summed E-state index contributed by atoms with van der Waals surface area (Å²) in [6, 6.07) is 0. The molecule has 6 heteroatoms. The Labute approximate surface area is 82.1 Å². The SMILES string of the molecule is COC(C)CN(CC(=O)O)CC(=O)O. The van der Waals surface area contributed by atoms with Crippen LogP contribution in [0.2, 0.25) is 0 Å². The van der Waals surface area contributed by atoms with E-state index in [4.69, 9.17) is 14.9 Å². The monoisotopic (exact) mass is 205 g/mol. The molecule has 0 fully saturated rings. The largest absolute Gasteiger partial charge is 0.480 e. The molecule has 14 heavy (non-hydrogen) atoms. The molecule has 0 aromatic carbocycles. The molecule has 0 bridgehead atoms. The standard InChI is InChI=1S/C8H15NO5/c1-6(14-2)3-9(4-7(10)11)5-8(12)13/h6H,3-5H2,1-2H3,(H,10,11)(H,12,13). The fourth-order valence-electron chi connectivity index (χ4n) is 1.01. The molecule has 0 amide bonds. The maximum atomic E-state index is 10.4. The van der Waals surface area contributed by atoms with E-state index in [9.17, 15) is 9.59 Å². The molecule has 0 aliphatic heterocycles. The summed E-state index contributed by atoms with van der Waals surface area (Å²) >= 11 is 0. The highest BCUT2D eigenvalue weighted by molar-refractivity contribution is 5.72. The Morgan fingerprint density at radius 2 is 1.71 bits per heavy atom. The minimum Gasteiger partial charge on any atom is -0.480 e. The van der Waals surface area contributed by atoms with Gasteiger partial charge in [0, 0.05) is 13.7 Å². The minimum atomic E-state index is -1.05. The highest BCUT2D eigenvalue weighted by Gasteiger charge is 2.15. The smallest absolute Gasteiger partial charge is 0.317 e. The number of rotatable bonds is 7. The van der Waals surface area contributed by atoms with E-state index in [1.54, 1.807) is 6.92 Å². The number of hydrogen-bond acceptors (Lipinski definition) is 4. The third-order valence-electron chi connectivity index (χ3n) is 1.64. The molecule has 0 spiro atoms. The van der Waals surface area contributed by atoms with Crippen LogP contribution in [0.3, 0.4) is 0 Å². The summed E-state index contributed by atoms with van der Waals surface area (Å²) in [6.45, 7) is 1.45. The lowest BCUT2D eigenvalue weighted by Crippen LogP contribution is -2.39. The number of carbonyl (C=O) groups is 2. The first kappa shape index (κ1) is 12.9. The molecular weight excluding hydrogens is 190 g/mol. The zero-order chi connectivity index (χ0) is 11.1. The molecule has 1 unspecified atom stereocenters. The Bertz CT molecular complexity index is 190. The number of hydrogen-bond donors (Lipinski definition) is 2. The predicted octanol–water partition coefficient (Wildman–Crippen LogP) is -0.507. The first-order chi connectivity index (χ1) is 6.45. The molecule has 0 aliphatic rings. The van der Waals surface area contributed by atoms with Gasteiger partial charge in [-0.2, -0.15) is 0 Å². The van der Waals surface area contributed by atoms with Crippen LogP contribution >= 0.6 is 0 Å². The van der Waals surface area contributed by atoms with Gasteiger partial charge in [0.25, 0.3) is 0 Å². The molecule has 0 aromatic heterocycles. The number of carboxylic acid groups (broad SMARTS) is 2. The van der Waals surface area contributed by atoms with Crippen LogP contribution in [-0.4, -0.2) is 59.9 Å². The van der Waals surface area contributed by atoms with E-state index in [0.717, 1.165) is 0 Å². The van der Waals surface area contributed by atoms with Crippen molar-refractivity contribution in [3.63, 3.8) is 0 Å². The highest BCUT2D eigenvalue weighted by Crippen LogP contribution is 1.95. The van der Waals surface area contributed by atoms with Gasteiger partial charge in [0.2, 0.25) is 0 Å². The molecule has 1 atom stereocenters. The Balaban J connectivity index is 4.09. The van der Waals surface area contributed by atoms with Crippen molar-refractivity contribution in [3.8, 4) is 0 Å². The van der Waals surface area contributed by atoms with Crippen molar-refractivity contribution in [3.05, 3.63) is 0 Å². The van der Waals surface area contributed by atoms with Crippen molar-refractivity contribution in [2.24, 2.45) is 0 Å². The third-order valence-corrected chi connectivity index (χ3v) is 1.64. The van der Waals surface area contributed by atoms with Gasteiger partial charge in [-0.3, -0.25) is 14.5 Å². The zero-order valence-corrected chi connectivity index (χ0v) is 8.27. The summed E-state index contributed by atoms with van der Waals surface area (Å²) in [6.07, 6.45) is -0.186. The topological polar surface area (TPSA) is 87.1 Å². The second kappa shape index (κ2) is 6.33. The van der Waals surface area contributed by atoms with E-state index < -0.39 is 11.9 Å². The molecule has 0 aromatic rings. The van der Waals surface area contributed by atoms with E-state index in [1.807, 2.05) is 0 Å². The molecular formula is C8H15NO5. The van der Waals surface area contributed by atoms with Gasteiger partial charge in [0.05, 0.1) is 19.2 Å². The van der Waals surface area contributed by atoms with Crippen LogP contribution in [0.1, 0.15) is 6.92 Å². The molecule has 0 saturated heterocycles. The Hall–Kier alpha value is -1.14. The summed E-state index contributed by atoms with van der Waals surface area (Å²) in [7, 11) is 1.49. The molecule has 82 valence electrons. The van der Waals surface area contributed by atoms with Crippen LogP contribution < -0.4 is 0 Å². The number of nitrogens with zero attached hydrogens (tertiary/aromatic N) is 1. The van der Waals surface area contributed by atoms with Crippen molar-refractivity contribution in [1.82, 2.24) is 4.90 Å². The first-order valence-electron chi connectivity index (χ1n) is 4.14. The predicted molar refractivity (Wildman–Crippen MR) is 48.2 cm³/mol. The molecule has 6 nitrogen and oxygen atoms in total. The van der Waals surface area contributed by atoms with Crippen LogP contribution in [0, 0.1) is 0 Å². The summed E-state index contributed by atoms with van der Waals surface area (Å²) in [5.74, 6) is -2.09. The lowest BCUT2D eigenvalue weighted by Gasteiger charge is -2.21. The highest BCUT2D eigenvalue weighted by atomic mass is 16.5. The number of carboxylic acids is 2. The number of aliphatic carboxylic acids is 2. The van der Waals surface area contributed by atoms with Crippen LogP contribution in [0.5, 0.6) is 0 Å². The van der Waals surface area contributed by atoms with Gasteiger partial charge in [-0.1, -0.05) is 0 Å². The minimum absolute atomic E-state index is 0.186. The van der Waals surface area contributed by atoms with Crippen LogP contribution in [0.4, 0.5) is 0 Å². The number of ether oxygens (including phenoxy) is 1. The molecule has 2 N–H and O–H groups in total. The van der Waals surface area contributed by atoms with Crippen molar-refractivity contribution >= 4 is 11.9 Å². The molecule has 0 aliphatic carbocycles. The van der Waals surface area contributed by atoms with Gasteiger partial charge in [0.15, 0.2) is 0 Å². The Morgan fingerprint density at radius 1 is 1.29 bits per heavy atom. The van der Waals surface area contributed by atoms with Crippen LogP contribution in [-0.2, 0) is 14.3 Å². The van der Waals surface area contributed by atoms with E-state index in [1.165, 1.54) is 12.0 Å².